The van der Waals surface area contributed by atoms with Crippen molar-refractivity contribution in [2.45, 2.75) is 32.4 Å². The Hall–Kier alpha value is -1.38. The van der Waals surface area contributed by atoms with E-state index in [0.29, 0.717) is 17.8 Å². The lowest BCUT2D eigenvalue weighted by molar-refractivity contribution is -0.119. The summed E-state index contributed by atoms with van der Waals surface area (Å²) in [6.45, 7) is 4.50. The quantitative estimate of drug-likeness (QED) is 0.811. The maximum absolute atomic E-state index is 10.8. The van der Waals surface area contributed by atoms with Gasteiger partial charge in [0.15, 0.2) is 0 Å². The zero-order valence-corrected chi connectivity index (χ0v) is 10.2. The third-order valence-corrected chi connectivity index (χ3v) is 3.12. The van der Waals surface area contributed by atoms with Gasteiger partial charge in [-0.1, -0.05) is 0 Å². The van der Waals surface area contributed by atoms with E-state index in [0.717, 1.165) is 4.88 Å². The Morgan fingerprint density at radius 1 is 1.62 bits per heavy atom. The van der Waals surface area contributed by atoms with Gasteiger partial charge in [0.25, 0.3) is 0 Å². The van der Waals surface area contributed by atoms with Gasteiger partial charge in [-0.2, -0.15) is 5.26 Å². The molecule has 4 nitrogen and oxygen atoms in total. The van der Waals surface area contributed by atoms with Gasteiger partial charge in [-0.3, -0.25) is 4.79 Å². The largest absolute Gasteiger partial charge is 0.370 e. The topological polar surface area (TPSA) is 78.9 Å². The predicted molar refractivity (Wildman–Crippen MR) is 63.8 cm³/mol. The van der Waals surface area contributed by atoms with Crippen LogP contribution in [-0.2, 0) is 11.3 Å². The second kappa shape index (κ2) is 5.10. The zero-order valence-electron chi connectivity index (χ0n) is 9.41. The second-order valence-corrected chi connectivity index (χ2v) is 5.43. The van der Waals surface area contributed by atoms with Crippen LogP contribution in [0, 0.1) is 11.3 Å². The molecule has 0 saturated heterocycles. The highest BCUT2D eigenvalue weighted by atomic mass is 32.1. The van der Waals surface area contributed by atoms with Gasteiger partial charge >= 0.3 is 0 Å². The molecule has 1 amide bonds. The van der Waals surface area contributed by atoms with E-state index in [1.54, 1.807) is 6.07 Å². The van der Waals surface area contributed by atoms with E-state index in [-0.39, 0.29) is 11.4 Å². The van der Waals surface area contributed by atoms with E-state index in [2.05, 4.69) is 11.4 Å². The van der Waals surface area contributed by atoms with Gasteiger partial charge in [-0.25, -0.2) is 0 Å². The lowest BCUT2D eigenvalue weighted by Gasteiger charge is -2.24. The van der Waals surface area contributed by atoms with Crippen LogP contribution in [0.1, 0.15) is 30.0 Å². The highest BCUT2D eigenvalue weighted by Gasteiger charge is 2.19. The summed E-state index contributed by atoms with van der Waals surface area (Å²) in [5.41, 5.74) is 4.84. The van der Waals surface area contributed by atoms with Crippen LogP contribution in [0.2, 0.25) is 0 Å². The van der Waals surface area contributed by atoms with Crippen molar-refractivity contribution in [1.82, 2.24) is 5.32 Å². The molecule has 1 aromatic rings. The maximum atomic E-state index is 10.8. The molecule has 0 saturated carbocycles. The fourth-order valence-corrected chi connectivity index (χ4v) is 2.10. The number of hydrogen-bond donors (Lipinski definition) is 2. The molecule has 86 valence electrons. The number of primary amides is 1. The number of nitriles is 1. The number of rotatable bonds is 5. The number of nitrogens with zero attached hydrogens (tertiary/aromatic N) is 1. The van der Waals surface area contributed by atoms with Crippen molar-refractivity contribution in [3.8, 4) is 6.07 Å². The van der Waals surface area contributed by atoms with Gasteiger partial charge in [0.05, 0.1) is 0 Å². The third-order valence-electron chi connectivity index (χ3n) is 2.13. The molecule has 16 heavy (non-hydrogen) atoms. The number of amides is 1. The standard InChI is InChI=1S/C11H15N3OS/c1-11(2,5-10(13)15)14-7-9-4-3-8(6-12)16-9/h3-4,14H,5,7H2,1-2H3,(H2,13,15). The van der Waals surface area contributed by atoms with Gasteiger partial charge in [0, 0.05) is 23.4 Å². The smallest absolute Gasteiger partial charge is 0.219 e. The van der Waals surface area contributed by atoms with E-state index in [1.165, 1.54) is 11.3 Å². The van der Waals surface area contributed by atoms with E-state index < -0.39 is 0 Å². The Morgan fingerprint density at radius 2 is 2.31 bits per heavy atom. The summed E-state index contributed by atoms with van der Waals surface area (Å²) >= 11 is 1.45. The molecule has 0 atom stereocenters. The molecule has 0 aliphatic heterocycles. The minimum absolute atomic E-state index is 0.295. The Balaban J connectivity index is 2.51. The van der Waals surface area contributed by atoms with Crippen molar-refractivity contribution < 1.29 is 4.79 Å². The van der Waals surface area contributed by atoms with Gasteiger partial charge in [0.2, 0.25) is 5.91 Å². The Labute approximate surface area is 99.1 Å². The SMILES string of the molecule is CC(C)(CC(N)=O)NCc1ccc(C#N)s1. The van der Waals surface area contributed by atoms with Crippen molar-refractivity contribution in [1.29, 1.82) is 5.26 Å². The molecule has 0 aliphatic rings. The lowest BCUT2D eigenvalue weighted by Crippen LogP contribution is -2.42. The Bertz CT molecular complexity index is 417. The highest BCUT2D eigenvalue weighted by molar-refractivity contribution is 7.12. The van der Waals surface area contributed by atoms with Crippen LogP contribution < -0.4 is 11.1 Å². The van der Waals surface area contributed by atoms with Crippen molar-refractivity contribution in [3.05, 3.63) is 21.9 Å². The molecule has 0 bridgehead atoms. The summed E-state index contributed by atoms with van der Waals surface area (Å²) in [5.74, 6) is -0.318. The second-order valence-electron chi connectivity index (χ2n) is 4.26. The average molecular weight is 237 g/mol. The van der Waals surface area contributed by atoms with E-state index in [9.17, 15) is 4.79 Å². The molecule has 0 unspecified atom stereocenters. The summed E-state index contributed by atoms with van der Waals surface area (Å²) in [6.07, 6.45) is 0.295. The number of nitrogens with one attached hydrogen (secondary N) is 1. The molecule has 1 aromatic heterocycles. The van der Waals surface area contributed by atoms with Gasteiger partial charge < -0.3 is 11.1 Å². The molecule has 0 fully saturated rings. The van der Waals surface area contributed by atoms with Crippen molar-refractivity contribution in [2.24, 2.45) is 5.73 Å². The molecular weight excluding hydrogens is 222 g/mol. The van der Waals surface area contributed by atoms with E-state index >= 15 is 0 Å². The van der Waals surface area contributed by atoms with E-state index in [4.69, 9.17) is 11.0 Å². The average Bonchev–Trinajstić information content (AvgIpc) is 2.60. The Kier molecular flexibility index (Phi) is 4.05. The molecule has 1 heterocycles. The molecular formula is C11H15N3OS. The molecule has 0 aliphatic carbocycles. The van der Waals surface area contributed by atoms with Crippen LogP contribution in [0.5, 0.6) is 0 Å². The number of nitrogens with two attached hydrogens (primary N) is 1. The predicted octanol–water partition coefficient (Wildman–Crippen LogP) is 1.36. The summed E-state index contributed by atoms with van der Waals surface area (Å²) in [7, 11) is 0. The fourth-order valence-electron chi connectivity index (χ4n) is 1.36. The first-order valence-electron chi connectivity index (χ1n) is 4.95. The minimum Gasteiger partial charge on any atom is -0.370 e. The monoisotopic (exact) mass is 237 g/mol. The van der Waals surface area contributed by atoms with Crippen LogP contribution in [0.3, 0.4) is 0 Å². The lowest BCUT2D eigenvalue weighted by atomic mass is 10.0. The number of thiophene rings is 1. The normalized spacial score (nSPS) is 11.1. The molecule has 0 aromatic carbocycles. The minimum atomic E-state index is -0.318. The van der Waals surface area contributed by atoms with Crippen LogP contribution in [-0.4, -0.2) is 11.4 Å². The first kappa shape index (κ1) is 12.7. The van der Waals surface area contributed by atoms with Crippen molar-refractivity contribution >= 4 is 17.2 Å². The van der Waals surface area contributed by atoms with E-state index in [1.807, 2.05) is 19.9 Å². The molecule has 0 radical (unpaired) electrons. The fraction of sp³-hybridized carbons (Fsp3) is 0.455. The highest BCUT2D eigenvalue weighted by Crippen LogP contribution is 2.17. The molecule has 5 heteroatoms. The molecule has 0 spiro atoms. The van der Waals surface area contributed by atoms with Gasteiger partial charge in [-0.05, 0) is 26.0 Å². The van der Waals surface area contributed by atoms with Gasteiger partial charge in [-0.15, -0.1) is 11.3 Å². The first-order valence-corrected chi connectivity index (χ1v) is 5.77. The summed E-state index contributed by atoms with van der Waals surface area (Å²) < 4.78 is 0. The van der Waals surface area contributed by atoms with Crippen LogP contribution in [0.15, 0.2) is 12.1 Å². The molecule has 3 N–H and O–H groups in total. The molecule has 1 rings (SSSR count). The van der Waals surface area contributed by atoms with Crippen LogP contribution in [0.25, 0.3) is 0 Å². The van der Waals surface area contributed by atoms with Crippen molar-refractivity contribution in [2.75, 3.05) is 0 Å². The van der Waals surface area contributed by atoms with Gasteiger partial charge in [0.1, 0.15) is 10.9 Å². The first-order chi connectivity index (χ1) is 7.43. The maximum Gasteiger partial charge on any atom is 0.219 e. The summed E-state index contributed by atoms with van der Waals surface area (Å²) in [4.78, 5) is 12.6. The number of carbonyl (C=O) groups is 1. The Morgan fingerprint density at radius 3 is 2.81 bits per heavy atom. The summed E-state index contributed by atoms with van der Waals surface area (Å²) in [5, 5.41) is 11.9. The zero-order chi connectivity index (χ0) is 12.2. The summed E-state index contributed by atoms with van der Waals surface area (Å²) in [6, 6.07) is 5.80. The van der Waals surface area contributed by atoms with Crippen molar-refractivity contribution in [3.63, 3.8) is 0 Å². The third kappa shape index (κ3) is 4.01. The van der Waals surface area contributed by atoms with Crippen LogP contribution >= 0.6 is 11.3 Å². The number of hydrogen-bond acceptors (Lipinski definition) is 4. The number of carbonyl (C=O) groups excluding carboxylic acids is 1. The van der Waals surface area contributed by atoms with Crippen LogP contribution in [0.4, 0.5) is 0 Å².